The van der Waals surface area contributed by atoms with E-state index in [9.17, 15) is 10.5 Å². The summed E-state index contributed by atoms with van der Waals surface area (Å²) in [7, 11) is 0. The third-order valence-corrected chi connectivity index (χ3v) is 9.66. The zero-order valence-corrected chi connectivity index (χ0v) is 26.4. The Morgan fingerprint density at radius 2 is 1.00 bits per heavy atom. The van der Waals surface area contributed by atoms with E-state index in [4.69, 9.17) is 0 Å². The van der Waals surface area contributed by atoms with Crippen molar-refractivity contribution in [3.8, 4) is 34.9 Å². The van der Waals surface area contributed by atoms with Crippen LogP contribution in [0.5, 0.6) is 0 Å². The summed E-state index contributed by atoms with van der Waals surface area (Å²) >= 11 is 0. The van der Waals surface area contributed by atoms with Gasteiger partial charge in [0.2, 0.25) is 0 Å². The van der Waals surface area contributed by atoms with Gasteiger partial charge in [-0.3, -0.25) is 0 Å². The molecule has 5 aromatic rings. The Kier molecular flexibility index (Phi) is 6.98. The molecule has 0 aliphatic carbocycles. The number of fused-ring (bicyclic) bond motifs is 2. The molecule has 0 saturated carbocycles. The largest absolute Gasteiger partial charge is 0.309 e. The van der Waals surface area contributed by atoms with Gasteiger partial charge in [-0.2, -0.15) is 10.5 Å². The van der Waals surface area contributed by atoms with Crippen molar-refractivity contribution in [2.24, 2.45) is 0 Å². The zero-order valence-electron chi connectivity index (χ0n) is 26.4. The second-order valence-electron chi connectivity index (χ2n) is 11.7. The number of anilines is 3. The smallest absolute Gasteiger partial charge is 0.161 e. The molecule has 6 rings (SSSR count). The molecule has 3 heterocycles. The number of benzene rings is 3. The highest BCUT2D eigenvalue weighted by atomic mass is 15.2. The molecule has 0 fully saturated rings. The van der Waals surface area contributed by atoms with Gasteiger partial charge in [0.05, 0.1) is 28.2 Å². The number of hydrogen-bond donors (Lipinski definition) is 0. The van der Waals surface area contributed by atoms with Crippen molar-refractivity contribution in [2.45, 2.75) is 61.8 Å². The summed E-state index contributed by atoms with van der Waals surface area (Å²) < 4.78 is 0. The van der Waals surface area contributed by atoms with Crippen LogP contribution < -0.4 is 4.90 Å². The number of nitrogens with zero attached hydrogens (tertiary/aromatic N) is 7. The van der Waals surface area contributed by atoms with Gasteiger partial charge in [-0.15, -0.1) is 0 Å². The highest BCUT2D eigenvalue weighted by Crippen LogP contribution is 2.53. The number of nitriles is 2. The predicted molar refractivity (Wildman–Crippen MR) is 173 cm³/mol. The molecule has 2 aromatic heterocycles. The van der Waals surface area contributed by atoms with Crippen LogP contribution in [0.3, 0.4) is 0 Å². The van der Waals surface area contributed by atoms with Crippen molar-refractivity contribution in [1.82, 2.24) is 19.9 Å². The van der Waals surface area contributed by atoms with E-state index in [1.54, 1.807) is 12.4 Å². The second kappa shape index (κ2) is 10.7. The third kappa shape index (κ3) is 4.32. The first kappa shape index (κ1) is 28.7. The summed E-state index contributed by atoms with van der Waals surface area (Å²) in [6.45, 7) is 17.8. The summed E-state index contributed by atoms with van der Waals surface area (Å²) in [5.74, 6) is 1.00. The molecule has 0 amide bonds. The molecular formula is C37H33N7. The van der Waals surface area contributed by atoms with Crippen LogP contribution in [0.25, 0.3) is 22.8 Å². The Hall–Kier alpha value is -5.40. The van der Waals surface area contributed by atoms with Crippen LogP contribution in [0.1, 0.15) is 66.8 Å². The predicted octanol–water partition coefficient (Wildman–Crippen LogP) is 8.19. The maximum Gasteiger partial charge on any atom is 0.161 e. The van der Waals surface area contributed by atoms with Crippen molar-refractivity contribution >= 4 is 17.1 Å². The minimum atomic E-state index is 0.394. The van der Waals surface area contributed by atoms with Crippen LogP contribution in [0.15, 0.2) is 43.0 Å². The van der Waals surface area contributed by atoms with Gasteiger partial charge in [0.1, 0.15) is 12.1 Å². The molecular weight excluding hydrogens is 542 g/mol. The molecule has 0 unspecified atom stereocenters. The van der Waals surface area contributed by atoms with Gasteiger partial charge in [0.25, 0.3) is 0 Å². The van der Waals surface area contributed by atoms with E-state index in [2.05, 4.69) is 98.4 Å². The summed E-state index contributed by atoms with van der Waals surface area (Å²) in [6.07, 6.45) is 7.03. The van der Waals surface area contributed by atoms with Gasteiger partial charge in [0.15, 0.2) is 11.6 Å². The molecule has 7 nitrogen and oxygen atoms in total. The highest BCUT2D eigenvalue weighted by molar-refractivity contribution is 5.95. The Morgan fingerprint density at radius 1 is 0.568 bits per heavy atom. The molecule has 1 aliphatic heterocycles. The Morgan fingerprint density at radius 3 is 1.45 bits per heavy atom. The molecule has 0 spiro atoms. The first-order valence-corrected chi connectivity index (χ1v) is 14.6. The van der Waals surface area contributed by atoms with Crippen molar-refractivity contribution in [1.29, 1.82) is 10.5 Å². The molecule has 1 aliphatic rings. The normalized spacial score (nSPS) is 11.9. The SMILES string of the molecule is Cc1c(C)c(C)c2c(c1C)Cc1c(C)c(C)c(C)c(C)c1N2c1ccc(-c2ncc(C#N)cn2)cc1-c1ncc(C#N)cn1. The Bertz CT molecular complexity index is 2010. The van der Waals surface area contributed by atoms with E-state index in [-0.39, 0.29) is 0 Å². The summed E-state index contributed by atoms with van der Waals surface area (Å²) in [4.78, 5) is 20.6. The first-order chi connectivity index (χ1) is 21.1. The maximum atomic E-state index is 9.44. The Balaban J connectivity index is 1.72. The zero-order chi connectivity index (χ0) is 31.4. The van der Waals surface area contributed by atoms with Gasteiger partial charge in [-0.25, -0.2) is 19.9 Å². The lowest BCUT2D eigenvalue weighted by Crippen LogP contribution is -2.25. The van der Waals surface area contributed by atoms with Crippen LogP contribution in [0, 0.1) is 78.1 Å². The van der Waals surface area contributed by atoms with Crippen molar-refractivity contribution in [3.63, 3.8) is 0 Å². The van der Waals surface area contributed by atoms with Crippen LogP contribution in [0.4, 0.5) is 17.1 Å². The van der Waals surface area contributed by atoms with Crippen molar-refractivity contribution < 1.29 is 0 Å². The molecule has 0 saturated heterocycles. The quantitative estimate of drug-likeness (QED) is 0.210. The average Bonchev–Trinajstić information content (AvgIpc) is 3.06. The van der Waals surface area contributed by atoms with Crippen LogP contribution >= 0.6 is 0 Å². The fraction of sp³-hybridized carbons (Fsp3) is 0.243. The third-order valence-electron chi connectivity index (χ3n) is 9.66. The maximum absolute atomic E-state index is 9.44. The minimum absolute atomic E-state index is 0.394. The molecule has 216 valence electrons. The molecule has 0 atom stereocenters. The topological polar surface area (TPSA) is 102 Å². The van der Waals surface area contributed by atoms with Gasteiger partial charge in [-0.1, -0.05) is 0 Å². The summed E-state index contributed by atoms with van der Waals surface area (Å²) in [5.41, 5.74) is 18.7. The second-order valence-corrected chi connectivity index (χ2v) is 11.7. The van der Waals surface area contributed by atoms with Crippen LogP contribution in [-0.4, -0.2) is 19.9 Å². The summed E-state index contributed by atoms with van der Waals surface area (Å²) in [6, 6.07) is 10.3. The molecule has 44 heavy (non-hydrogen) atoms. The van der Waals surface area contributed by atoms with Crippen LogP contribution in [0.2, 0.25) is 0 Å². The van der Waals surface area contributed by atoms with Gasteiger partial charge >= 0.3 is 0 Å². The monoisotopic (exact) mass is 575 g/mol. The first-order valence-electron chi connectivity index (χ1n) is 14.6. The lowest BCUT2D eigenvalue weighted by Gasteiger charge is -2.40. The molecule has 7 heteroatoms. The molecule has 0 bridgehead atoms. The van der Waals surface area contributed by atoms with Gasteiger partial charge < -0.3 is 4.90 Å². The Labute approximate surface area is 258 Å². The van der Waals surface area contributed by atoms with E-state index in [0.717, 1.165) is 23.2 Å². The van der Waals surface area contributed by atoms with Gasteiger partial charge in [0, 0.05) is 42.3 Å². The number of rotatable bonds is 3. The fourth-order valence-electron chi connectivity index (χ4n) is 6.42. The lowest BCUT2D eigenvalue weighted by molar-refractivity contribution is 0.995. The lowest BCUT2D eigenvalue weighted by atomic mass is 9.80. The van der Waals surface area contributed by atoms with E-state index in [1.165, 1.54) is 79.4 Å². The fourth-order valence-corrected chi connectivity index (χ4v) is 6.42. The van der Waals surface area contributed by atoms with Gasteiger partial charge in [-0.05, 0) is 129 Å². The van der Waals surface area contributed by atoms with Crippen LogP contribution in [-0.2, 0) is 6.42 Å². The van der Waals surface area contributed by atoms with E-state index < -0.39 is 0 Å². The minimum Gasteiger partial charge on any atom is -0.309 e. The highest BCUT2D eigenvalue weighted by Gasteiger charge is 2.34. The molecule has 3 aromatic carbocycles. The number of aromatic nitrogens is 4. The average molecular weight is 576 g/mol. The van der Waals surface area contributed by atoms with Crippen molar-refractivity contribution in [2.75, 3.05) is 4.90 Å². The molecule has 0 N–H and O–H groups in total. The van der Waals surface area contributed by atoms with E-state index >= 15 is 0 Å². The van der Waals surface area contributed by atoms with E-state index in [0.29, 0.717) is 22.8 Å². The summed E-state index contributed by atoms with van der Waals surface area (Å²) in [5, 5.41) is 18.7. The standard InChI is InChI=1S/C37H33N7/c1-19-21(3)25(7)34-30(23(19)5)12-31-24(6)20(2)22(4)26(8)35(31)44(34)33-10-9-29(36-40-15-27(13-38)16-41-36)11-32(33)37-42-17-28(14-39)18-43-37/h9-11,15-18H,12H2,1-8H3. The van der Waals surface area contributed by atoms with E-state index in [1.807, 2.05) is 12.1 Å². The number of hydrogen-bond acceptors (Lipinski definition) is 7. The van der Waals surface area contributed by atoms with Crippen molar-refractivity contribution in [3.05, 3.63) is 110 Å². The molecule has 0 radical (unpaired) electrons.